The highest BCUT2D eigenvalue weighted by Crippen LogP contribution is 2.65. The van der Waals surface area contributed by atoms with Crippen LogP contribution in [0.5, 0.6) is 11.5 Å². The molecular formula is C41H33Cl2F3N4O6. The molecule has 56 heavy (non-hydrogen) atoms. The van der Waals surface area contributed by atoms with E-state index in [2.05, 4.69) is 10.4 Å². The van der Waals surface area contributed by atoms with E-state index in [-0.39, 0.29) is 35.9 Å². The summed E-state index contributed by atoms with van der Waals surface area (Å²) in [7, 11) is 1.42. The Kier molecular flexibility index (Phi) is 9.15. The molecule has 1 aromatic heterocycles. The number of carbonyl (C=O) groups is 4. The summed E-state index contributed by atoms with van der Waals surface area (Å²) >= 11 is 12.6. The number of aryl methyl sites for hydroxylation is 1. The molecule has 2 aliphatic heterocycles. The van der Waals surface area contributed by atoms with Gasteiger partial charge in [-0.2, -0.15) is 18.2 Å². The maximum absolute atomic E-state index is 15.3. The normalized spacial score (nSPS) is 25.8. The van der Waals surface area contributed by atoms with Gasteiger partial charge in [-0.15, -0.1) is 0 Å². The number of allylic oxidation sites excluding steroid dienone is 2. The van der Waals surface area contributed by atoms with Gasteiger partial charge >= 0.3 is 6.18 Å². The molecule has 4 aliphatic rings. The molecule has 6 unspecified atom stereocenters. The third kappa shape index (κ3) is 5.65. The Bertz CT molecular complexity index is 2340. The number of benzene rings is 3. The summed E-state index contributed by atoms with van der Waals surface area (Å²) in [5.41, 5.74) is 2.29. The Morgan fingerprint density at radius 3 is 2.29 bits per heavy atom. The van der Waals surface area contributed by atoms with Crippen LogP contribution in [0.2, 0.25) is 10.0 Å². The summed E-state index contributed by atoms with van der Waals surface area (Å²) in [6, 6.07) is 18.7. The molecule has 3 aromatic carbocycles. The fourth-order valence-corrected chi connectivity index (χ4v) is 9.49. The number of aromatic hydroxyl groups is 1. The number of hydrogen-bond donors (Lipinski definition) is 2. The highest BCUT2D eigenvalue weighted by atomic mass is 35.5. The Morgan fingerprint density at radius 1 is 0.946 bits per heavy atom. The average Bonchev–Trinajstić information content (AvgIpc) is 3.56. The van der Waals surface area contributed by atoms with Crippen LogP contribution in [0.1, 0.15) is 47.9 Å². The van der Waals surface area contributed by atoms with Crippen LogP contribution in [0.15, 0.2) is 90.6 Å². The maximum atomic E-state index is 15.3. The number of phenolic OH excluding ortho intramolecular Hbond substituents is 1. The number of alkyl halides is 3. The molecule has 6 atom stereocenters. The zero-order chi connectivity index (χ0) is 39.8. The van der Waals surface area contributed by atoms with E-state index < -0.39 is 69.5 Å². The zero-order valence-electron chi connectivity index (χ0n) is 29.8. The van der Waals surface area contributed by atoms with Gasteiger partial charge in [0.1, 0.15) is 11.5 Å². The predicted molar refractivity (Wildman–Crippen MR) is 200 cm³/mol. The van der Waals surface area contributed by atoms with Gasteiger partial charge in [-0.25, -0.2) is 4.98 Å². The molecule has 10 nitrogen and oxygen atoms in total. The predicted octanol–water partition coefficient (Wildman–Crippen LogP) is 7.87. The third-order valence-corrected chi connectivity index (χ3v) is 12.2. The Morgan fingerprint density at radius 2 is 1.66 bits per heavy atom. The molecule has 4 amide bonds. The summed E-state index contributed by atoms with van der Waals surface area (Å²) in [6.07, 6.45) is -1.55. The lowest BCUT2D eigenvalue weighted by Gasteiger charge is -2.50. The van der Waals surface area contributed by atoms with Crippen molar-refractivity contribution < 1.29 is 42.2 Å². The first-order valence-corrected chi connectivity index (χ1v) is 18.6. The number of imide groups is 2. The van der Waals surface area contributed by atoms with Gasteiger partial charge in [0, 0.05) is 28.8 Å². The molecule has 1 saturated carbocycles. The molecule has 288 valence electrons. The van der Waals surface area contributed by atoms with E-state index >= 15 is 4.79 Å². The SMILES string of the molecule is CCc1ccc(N2C(=O)C3CC=C4C(CC5C(=O)N(Nc6ncc(C(F)(F)F)cc6Cl)C(=O)C5(c5ccc(Cl)cc5)C4c4ccc(OC)cc4O)C3C2=O)cc1. The quantitative estimate of drug-likeness (QED) is 0.143. The van der Waals surface area contributed by atoms with Crippen LogP contribution in [0.4, 0.5) is 24.7 Å². The van der Waals surface area contributed by atoms with Crippen molar-refractivity contribution >= 4 is 58.3 Å². The standard InChI is InChI=1S/C41H33Cl2F3N4O6/c1-3-20-4-10-24(11-5-20)49-36(52)28-15-14-26-29(33(28)38(49)54)18-30-37(53)50(48-35-31(43)16-22(19-47-35)41(44,45)46)39(55)40(30,21-6-8-23(42)9-7-21)34(26)27-13-12-25(56-2)17-32(27)51/h4-14,16-17,19,28-30,33-34,51H,3,15,18H2,1-2H3,(H,47,48). The number of nitrogens with zero attached hydrogens (tertiary/aromatic N) is 3. The summed E-state index contributed by atoms with van der Waals surface area (Å²) < 4.78 is 45.8. The lowest BCUT2D eigenvalue weighted by Crippen LogP contribution is -2.53. The van der Waals surface area contributed by atoms with E-state index in [9.17, 15) is 32.7 Å². The minimum absolute atomic E-state index is 0.0679. The number of ether oxygens (including phenoxy) is 1. The maximum Gasteiger partial charge on any atom is 0.417 e. The van der Waals surface area contributed by atoms with Crippen LogP contribution in [-0.4, -0.2) is 45.8 Å². The van der Waals surface area contributed by atoms with Crippen molar-refractivity contribution in [3.63, 3.8) is 0 Å². The summed E-state index contributed by atoms with van der Waals surface area (Å²) in [4.78, 5) is 63.8. The number of halogens is 5. The second-order valence-corrected chi connectivity index (χ2v) is 15.2. The van der Waals surface area contributed by atoms with Crippen molar-refractivity contribution in [2.24, 2.45) is 23.7 Å². The minimum atomic E-state index is -4.76. The Balaban J connectivity index is 1.31. The number of aromatic nitrogens is 1. The van der Waals surface area contributed by atoms with Crippen molar-refractivity contribution in [3.05, 3.63) is 123 Å². The molecule has 3 heterocycles. The summed E-state index contributed by atoms with van der Waals surface area (Å²) in [6.45, 7) is 1.99. The lowest BCUT2D eigenvalue weighted by atomic mass is 9.49. The van der Waals surface area contributed by atoms with Crippen LogP contribution in [-0.2, 0) is 37.2 Å². The number of anilines is 2. The van der Waals surface area contributed by atoms with Gasteiger partial charge in [0.25, 0.3) is 11.8 Å². The van der Waals surface area contributed by atoms with Crippen LogP contribution in [0.3, 0.4) is 0 Å². The molecule has 2 N–H and O–H groups in total. The van der Waals surface area contributed by atoms with Gasteiger partial charge in [-0.3, -0.25) is 29.5 Å². The fourth-order valence-electron chi connectivity index (χ4n) is 9.16. The minimum Gasteiger partial charge on any atom is -0.508 e. The number of nitrogens with one attached hydrogen (secondary N) is 1. The van der Waals surface area contributed by atoms with Gasteiger partial charge in [0.2, 0.25) is 11.8 Å². The van der Waals surface area contributed by atoms with E-state index in [0.717, 1.165) is 12.0 Å². The first kappa shape index (κ1) is 37.5. The molecule has 4 aromatic rings. The van der Waals surface area contributed by atoms with E-state index in [4.69, 9.17) is 27.9 Å². The van der Waals surface area contributed by atoms with Crippen molar-refractivity contribution in [2.45, 2.75) is 43.7 Å². The van der Waals surface area contributed by atoms with Gasteiger partial charge in [0.05, 0.1) is 46.6 Å². The number of pyridine rings is 1. The zero-order valence-corrected chi connectivity index (χ0v) is 31.3. The molecule has 0 spiro atoms. The van der Waals surface area contributed by atoms with Crippen LogP contribution < -0.4 is 15.1 Å². The van der Waals surface area contributed by atoms with Gasteiger partial charge in [-0.1, -0.05) is 72.1 Å². The molecule has 2 saturated heterocycles. The molecular weight excluding hydrogens is 772 g/mol. The van der Waals surface area contributed by atoms with E-state index in [1.807, 2.05) is 25.1 Å². The highest BCUT2D eigenvalue weighted by Gasteiger charge is 2.70. The molecule has 0 radical (unpaired) electrons. The largest absolute Gasteiger partial charge is 0.508 e. The molecule has 15 heteroatoms. The van der Waals surface area contributed by atoms with E-state index in [1.54, 1.807) is 48.5 Å². The van der Waals surface area contributed by atoms with Crippen molar-refractivity contribution in [1.82, 2.24) is 9.99 Å². The first-order chi connectivity index (χ1) is 26.7. The third-order valence-electron chi connectivity index (χ3n) is 11.7. The number of amides is 4. The van der Waals surface area contributed by atoms with Crippen LogP contribution in [0.25, 0.3) is 0 Å². The molecule has 3 fully saturated rings. The Hall–Kier alpha value is -5.40. The molecule has 8 rings (SSSR count). The first-order valence-electron chi connectivity index (χ1n) is 17.9. The van der Waals surface area contributed by atoms with Crippen molar-refractivity contribution in [2.75, 3.05) is 17.4 Å². The van der Waals surface area contributed by atoms with E-state index in [0.29, 0.717) is 44.9 Å². The molecule has 2 aliphatic carbocycles. The number of rotatable bonds is 7. The van der Waals surface area contributed by atoms with E-state index in [1.165, 1.54) is 18.1 Å². The number of hydrazine groups is 1. The van der Waals surface area contributed by atoms with Gasteiger partial charge in [-0.05, 0) is 72.7 Å². The Labute approximate surface area is 328 Å². The summed E-state index contributed by atoms with van der Waals surface area (Å²) in [5, 5.41) is 12.2. The summed E-state index contributed by atoms with van der Waals surface area (Å²) in [5.74, 6) is -7.45. The highest BCUT2D eigenvalue weighted by molar-refractivity contribution is 6.33. The van der Waals surface area contributed by atoms with Crippen LogP contribution in [0, 0.1) is 23.7 Å². The van der Waals surface area contributed by atoms with Crippen LogP contribution >= 0.6 is 23.2 Å². The van der Waals surface area contributed by atoms with Gasteiger partial charge in [0.15, 0.2) is 5.82 Å². The lowest BCUT2D eigenvalue weighted by molar-refractivity contribution is -0.139. The van der Waals surface area contributed by atoms with Gasteiger partial charge < -0.3 is 9.84 Å². The number of fused-ring (bicyclic) bond motifs is 4. The number of carbonyl (C=O) groups excluding carboxylic acids is 4. The monoisotopic (exact) mass is 804 g/mol. The smallest absolute Gasteiger partial charge is 0.417 e. The topological polar surface area (TPSA) is 129 Å². The van der Waals surface area contributed by atoms with Crippen molar-refractivity contribution in [3.8, 4) is 11.5 Å². The fraction of sp³-hybridized carbons (Fsp3) is 0.293. The number of phenols is 1. The van der Waals surface area contributed by atoms with Crippen molar-refractivity contribution in [1.29, 1.82) is 0 Å². The second-order valence-electron chi connectivity index (χ2n) is 14.4. The number of methoxy groups -OCH3 is 1. The molecule has 0 bridgehead atoms. The number of hydrogen-bond acceptors (Lipinski definition) is 8. The second kappa shape index (κ2) is 13.7. The average molecular weight is 806 g/mol.